The Kier molecular flexibility index (Phi) is 8.58. The molecule has 1 aliphatic rings. The van der Waals surface area contributed by atoms with Crippen LogP contribution in [0.3, 0.4) is 0 Å². The maximum atomic E-state index is 5.75. The van der Waals surface area contributed by atoms with Crippen molar-refractivity contribution in [2.75, 3.05) is 46.1 Å². The first-order valence-electron chi connectivity index (χ1n) is 10.4. The summed E-state index contributed by atoms with van der Waals surface area (Å²) < 4.78 is 13.3. The Morgan fingerprint density at radius 3 is 3.11 bits per heavy atom. The molecule has 2 aromatic rings. The Hall–Kier alpha value is -2.12. The molecule has 0 amide bonds. The lowest BCUT2D eigenvalue weighted by Gasteiger charge is -2.12. The van der Waals surface area contributed by atoms with Gasteiger partial charge in [-0.05, 0) is 38.3 Å². The number of aliphatic imine (C=N–C) groups is 1. The van der Waals surface area contributed by atoms with E-state index in [1.165, 1.54) is 5.52 Å². The first kappa shape index (κ1) is 20.6. The zero-order valence-electron chi connectivity index (χ0n) is 16.9. The van der Waals surface area contributed by atoms with Gasteiger partial charge in [-0.2, -0.15) is 0 Å². The molecular weight excluding hydrogens is 354 g/mol. The van der Waals surface area contributed by atoms with Crippen LogP contribution in [0, 0.1) is 5.92 Å². The van der Waals surface area contributed by atoms with Crippen LogP contribution >= 0.6 is 0 Å². The second kappa shape index (κ2) is 11.7. The zero-order chi connectivity index (χ0) is 19.4. The number of nitrogens with one attached hydrogen (secondary N) is 2. The molecule has 1 aromatic carbocycles. The monoisotopic (exact) mass is 387 g/mol. The Bertz CT molecular complexity index is 724. The number of benzene rings is 1. The van der Waals surface area contributed by atoms with Crippen molar-refractivity contribution in [2.24, 2.45) is 10.9 Å². The van der Waals surface area contributed by atoms with Crippen molar-refractivity contribution >= 4 is 17.0 Å². The highest BCUT2D eigenvalue weighted by Gasteiger charge is 2.15. The van der Waals surface area contributed by atoms with Crippen molar-refractivity contribution in [3.63, 3.8) is 0 Å². The molecule has 2 N–H and O–H groups in total. The summed E-state index contributed by atoms with van der Waals surface area (Å²) in [6, 6.07) is 8.23. The normalized spacial score (nSPS) is 17.3. The van der Waals surface area contributed by atoms with Crippen molar-refractivity contribution in [3.05, 3.63) is 30.6 Å². The van der Waals surface area contributed by atoms with E-state index >= 15 is 0 Å². The van der Waals surface area contributed by atoms with Gasteiger partial charge >= 0.3 is 0 Å². The number of rotatable bonds is 11. The minimum Gasteiger partial charge on any atom is -0.381 e. The number of aromatic nitrogens is 2. The number of imidazole rings is 1. The van der Waals surface area contributed by atoms with E-state index in [1.54, 1.807) is 0 Å². The number of fused-ring (bicyclic) bond motifs is 1. The molecule has 2 heterocycles. The van der Waals surface area contributed by atoms with E-state index in [4.69, 9.17) is 9.47 Å². The van der Waals surface area contributed by atoms with Crippen LogP contribution in [-0.2, 0) is 16.0 Å². The fraction of sp³-hybridized carbons (Fsp3) is 0.619. The van der Waals surface area contributed by atoms with Crippen LogP contribution in [0.15, 0.2) is 35.6 Å². The summed E-state index contributed by atoms with van der Waals surface area (Å²) in [6.07, 6.45) is 4.99. The van der Waals surface area contributed by atoms with Gasteiger partial charge in [-0.3, -0.25) is 4.99 Å². The van der Waals surface area contributed by atoms with Crippen LogP contribution in [0.2, 0.25) is 0 Å². The Labute approximate surface area is 167 Å². The molecule has 154 valence electrons. The minimum atomic E-state index is 0.583. The highest BCUT2D eigenvalue weighted by Crippen LogP contribution is 2.12. The Balaban J connectivity index is 1.31. The molecule has 1 aromatic heterocycles. The van der Waals surface area contributed by atoms with Crippen LogP contribution in [0.5, 0.6) is 0 Å². The fourth-order valence-corrected chi connectivity index (χ4v) is 3.31. The van der Waals surface area contributed by atoms with Crippen LogP contribution < -0.4 is 10.6 Å². The molecule has 28 heavy (non-hydrogen) atoms. The average Bonchev–Trinajstić information content (AvgIpc) is 3.38. The molecule has 0 bridgehead atoms. The van der Waals surface area contributed by atoms with Crippen LogP contribution in [0.4, 0.5) is 0 Å². The van der Waals surface area contributed by atoms with Gasteiger partial charge in [-0.15, -0.1) is 0 Å². The zero-order valence-corrected chi connectivity index (χ0v) is 16.9. The molecule has 1 atom stereocenters. The summed E-state index contributed by atoms with van der Waals surface area (Å²) in [4.78, 5) is 9.11. The average molecular weight is 388 g/mol. The predicted molar refractivity (Wildman–Crippen MR) is 113 cm³/mol. The lowest BCUT2D eigenvalue weighted by molar-refractivity contribution is 0.0888. The quantitative estimate of drug-likeness (QED) is 0.352. The van der Waals surface area contributed by atoms with E-state index in [0.29, 0.717) is 5.92 Å². The van der Waals surface area contributed by atoms with Crippen molar-refractivity contribution in [2.45, 2.75) is 32.7 Å². The topological polar surface area (TPSA) is 72.7 Å². The molecule has 0 spiro atoms. The SMILES string of the molecule is CCNC(=NCCCn1cnc2ccccc21)NCCCOCC1CCOC1. The van der Waals surface area contributed by atoms with E-state index in [-0.39, 0.29) is 0 Å². The van der Waals surface area contributed by atoms with Gasteiger partial charge in [-0.1, -0.05) is 12.1 Å². The van der Waals surface area contributed by atoms with Gasteiger partial charge < -0.3 is 24.7 Å². The Morgan fingerprint density at radius 1 is 1.32 bits per heavy atom. The third kappa shape index (κ3) is 6.49. The third-order valence-electron chi connectivity index (χ3n) is 4.83. The summed E-state index contributed by atoms with van der Waals surface area (Å²) in [5.74, 6) is 1.46. The van der Waals surface area contributed by atoms with Gasteiger partial charge in [0, 0.05) is 45.3 Å². The molecule has 3 rings (SSSR count). The van der Waals surface area contributed by atoms with Gasteiger partial charge in [0.2, 0.25) is 0 Å². The number of nitrogens with zero attached hydrogens (tertiary/aromatic N) is 3. The van der Waals surface area contributed by atoms with Crippen molar-refractivity contribution in [1.82, 2.24) is 20.2 Å². The van der Waals surface area contributed by atoms with E-state index in [2.05, 4.69) is 44.2 Å². The molecule has 0 radical (unpaired) electrons. The fourth-order valence-electron chi connectivity index (χ4n) is 3.31. The van der Waals surface area contributed by atoms with Crippen LogP contribution in [-0.4, -0.2) is 61.6 Å². The lowest BCUT2D eigenvalue weighted by atomic mass is 10.1. The van der Waals surface area contributed by atoms with Gasteiger partial charge in [0.05, 0.1) is 30.6 Å². The maximum Gasteiger partial charge on any atom is 0.191 e. The molecule has 1 unspecified atom stereocenters. The smallest absolute Gasteiger partial charge is 0.191 e. The van der Waals surface area contributed by atoms with Crippen molar-refractivity contribution in [3.8, 4) is 0 Å². The molecule has 1 aliphatic heterocycles. The molecule has 7 heteroatoms. The lowest BCUT2D eigenvalue weighted by Crippen LogP contribution is -2.38. The highest BCUT2D eigenvalue weighted by atomic mass is 16.5. The maximum absolute atomic E-state index is 5.75. The van der Waals surface area contributed by atoms with Crippen molar-refractivity contribution < 1.29 is 9.47 Å². The summed E-state index contributed by atoms with van der Waals surface area (Å²) >= 11 is 0. The number of aryl methyl sites for hydroxylation is 1. The first-order valence-corrected chi connectivity index (χ1v) is 10.4. The second-order valence-electron chi connectivity index (χ2n) is 7.13. The molecule has 1 saturated heterocycles. The first-order chi connectivity index (χ1) is 13.9. The number of hydrogen-bond donors (Lipinski definition) is 2. The Morgan fingerprint density at radius 2 is 2.25 bits per heavy atom. The molecule has 7 nitrogen and oxygen atoms in total. The van der Waals surface area contributed by atoms with E-state index in [9.17, 15) is 0 Å². The molecular formula is C21H33N5O2. The largest absolute Gasteiger partial charge is 0.381 e. The summed E-state index contributed by atoms with van der Waals surface area (Å²) in [5.41, 5.74) is 2.23. The third-order valence-corrected chi connectivity index (χ3v) is 4.83. The summed E-state index contributed by atoms with van der Waals surface area (Å²) in [7, 11) is 0. The van der Waals surface area contributed by atoms with Gasteiger partial charge in [-0.25, -0.2) is 4.98 Å². The second-order valence-corrected chi connectivity index (χ2v) is 7.13. The standard InChI is InChI=1S/C21H33N5O2/c1-2-22-21(24-11-6-13-27-15-18-9-14-28-16-18)23-10-5-12-26-17-25-19-7-3-4-8-20(19)26/h3-4,7-8,17-18H,2,5-6,9-16H2,1H3,(H2,22,23,24). The number of hydrogen-bond acceptors (Lipinski definition) is 4. The van der Waals surface area contributed by atoms with E-state index in [0.717, 1.165) is 83.3 Å². The van der Waals surface area contributed by atoms with Gasteiger partial charge in [0.15, 0.2) is 5.96 Å². The molecule has 0 aliphatic carbocycles. The van der Waals surface area contributed by atoms with Crippen LogP contribution in [0.25, 0.3) is 11.0 Å². The van der Waals surface area contributed by atoms with E-state index < -0.39 is 0 Å². The van der Waals surface area contributed by atoms with Gasteiger partial charge in [0.25, 0.3) is 0 Å². The number of ether oxygens (including phenoxy) is 2. The molecule has 0 saturated carbocycles. The number of para-hydroxylation sites is 2. The summed E-state index contributed by atoms with van der Waals surface area (Å²) in [5, 5.41) is 6.69. The summed E-state index contributed by atoms with van der Waals surface area (Å²) in [6.45, 7) is 8.83. The number of guanidine groups is 1. The highest BCUT2D eigenvalue weighted by molar-refractivity contribution is 5.79. The minimum absolute atomic E-state index is 0.583. The van der Waals surface area contributed by atoms with E-state index in [1.807, 2.05) is 18.5 Å². The van der Waals surface area contributed by atoms with Gasteiger partial charge in [0.1, 0.15) is 0 Å². The predicted octanol–water partition coefficient (Wildman–Crippen LogP) is 2.42. The molecule has 1 fully saturated rings. The van der Waals surface area contributed by atoms with Crippen LogP contribution in [0.1, 0.15) is 26.2 Å². The van der Waals surface area contributed by atoms with Crippen molar-refractivity contribution in [1.29, 1.82) is 0 Å².